The number of carbonyl (C=O) groups is 1. The van der Waals surface area contributed by atoms with Crippen LogP contribution in [0.1, 0.15) is 55.9 Å². The van der Waals surface area contributed by atoms with Crippen LogP contribution in [0.5, 0.6) is 5.88 Å². The average molecular weight is 367 g/mol. The van der Waals surface area contributed by atoms with Gasteiger partial charge in [-0.05, 0) is 62.0 Å². The molecule has 2 aromatic rings. The Bertz CT molecular complexity index is 783. The Hall–Kier alpha value is -2.30. The first kappa shape index (κ1) is 18.1. The van der Waals surface area contributed by atoms with E-state index in [1.807, 2.05) is 24.4 Å². The number of fused-ring (bicyclic) bond motifs is 2. The highest BCUT2D eigenvalue weighted by molar-refractivity contribution is 5.94. The van der Waals surface area contributed by atoms with E-state index in [4.69, 9.17) is 4.74 Å². The van der Waals surface area contributed by atoms with Crippen molar-refractivity contribution in [2.75, 3.05) is 7.11 Å². The quantitative estimate of drug-likeness (QED) is 0.822. The molecule has 2 bridgehead atoms. The average Bonchev–Trinajstić information content (AvgIpc) is 3.20. The molecule has 0 radical (unpaired) electrons. The number of rotatable bonds is 5. The number of nitrogens with one attached hydrogen (secondary N) is 2. The van der Waals surface area contributed by atoms with E-state index in [1.54, 1.807) is 13.3 Å². The van der Waals surface area contributed by atoms with E-state index < -0.39 is 0 Å². The highest BCUT2D eigenvalue weighted by atomic mass is 16.5. The van der Waals surface area contributed by atoms with E-state index in [0.717, 1.165) is 29.4 Å². The van der Waals surface area contributed by atoms with Crippen LogP contribution in [0.15, 0.2) is 30.6 Å². The number of aromatic nitrogens is 2. The fraction of sp³-hybridized carbons (Fsp3) is 0.545. The van der Waals surface area contributed by atoms with Gasteiger partial charge in [0, 0.05) is 35.6 Å². The predicted molar refractivity (Wildman–Crippen MR) is 106 cm³/mol. The number of ether oxygens (including phenoxy) is 1. The number of aromatic amines is 1. The van der Waals surface area contributed by atoms with E-state index >= 15 is 0 Å². The van der Waals surface area contributed by atoms with Gasteiger partial charge in [-0.3, -0.25) is 4.79 Å². The van der Waals surface area contributed by atoms with Crippen LogP contribution in [-0.4, -0.2) is 29.0 Å². The van der Waals surface area contributed by atoms with Gasteiger partial charge in [0.25, 0.3) is 5.91 Å². The van der Waals surface area contributed by atoms with Crippen LogP contribution in [0.4, 0.5) is 0 Å². The van der Waals surface area contributed by atoms with Crippen molar-refractivity contribution >= 4 is 5.91 Å². The van der Waals surface area contributed by atoms with E-state index in [9.17, 15) is 4.79 Å². The molecule has 0 spiro atoms. The summed E-state index contributed by atoms with van der Waals surface area (Å²) in [7, 11) is 1.60. The van der Waals surface area contributed by atoms with E-state index in [1.165, 1.54) is 32.1 Å². The number of hydrogen-bond donors (Lipinski definition) is 2. The summed E-state index contributed by atoms with van der Waals surface area (Å²) in [4.78, 5) is 20.2. The van der Waals surface area contributed by atoms with Crippen molar-refractivity contribution in [1.82, 2.24) is 15.3 Å². The number of methoxy groups -OCH3 is 1. The third-order valence-corrected chi connectivity index (χ3v) is 6.49. The highest BCUT2D eigenvalue weighted by Crippen LogP contribution is 2.43. The zero-order chi connectivity index (χ0) is 18.8. The molecule has 2 N–H and O–H groups in total. The van der Waals surface area contributed by atoms with Crippen molar-refractivity contribution in [2.45, 2.75) is 51.5 Å². The van der Waals surface area contributed by atoms with Gasteiger partial charge in [0.1, 0.15) is 5.69 Å². The number of amides is 1. The van der Waals surface area contributed by atoms with Gasteiger partial charge in [-0.2, -0.15) is 0 Å². The SMILES string of the molecule is CCC1CC2CCC(NC(=O)c3cc(-c4ccc(OC)nc4)c[nH]3)C(C1)C2. The Morgan fingerprint density at radius 3 is 2.89 bits per heavy atom. The minimum atomic E-state index is 0.00444. The van der Waals surface area contributed by atoms with Crippen molar-refractivity contribution in [2.24, 2.45) is 17.8 Å². The lowest BCUT2D eigenvalue weighted by molar-refractivity contribution is 0.0763. The number of nitrogens with zero attached hydrogens (tertiary/aromatic N) is 1. The van der Waals surface area contributed by atoms with Crippen molar-refractivity contribution in [1.29, 1.82) is 0 Å². The molecule has 2 saturated carbocycles. The third-order valence-electron chi connectivity index (χ3n) is 6.49. The zero-order valence-corrected chi connectivity index (χ0v) is 16.2. The molecule has 4 unspecified atom stereocenters. The molecule has 2 aliphatic carbocycles. The normalized spacial score (nSPS) is 27.2. The number of carbonyl (C=O) groups excluding carboxylic acids is 1. The minimum Gasteiger partial charge on any atom is -0.481 e. The molecule has 5 heteroatoms. The molecular weight excluding hydrogens is 338 g/mol. The van der Waals surface area contributed by atoms with Gasteiger partial charge in [-0.15, -0.1) is 0 Å². The van der Waals surface area contributed by atoms with Gasteiger partial charge < -0.3 is 15.0 Å². The van der Waals surface area contributed by atoms with Gasteiger partial charge in [-0.1, -0.05) is 13.3 Å². The molecule has 144 valence electrons. The second-order valence-electron chi connectivity index (χ2n) is 8.16. The van der Waals surface area contributed by atoms with Crippen molar-refractivity contribution in [3.63, 3.8) is 0 Å². The minimum absolute atomic E-state index is 0.00444. The maximum absolute atomic E-state index is 12.8. The monoisotopic (exact) mass is 367 g/mol. The Morgan fingerprint density at radius 1 is 1.26 bits per heavy atom. The van der Waals surface area contributed by atoms with Gasteiger partial charge in [-0.25, -0.2) is 4.98 Å². The summed E-state index contributed by atoms with van der Waals surface area (Å²) in [6, 6.07) is 6.00. The van der Waals surface area contributed by atoms with Crippen LogP contribution in [0.2, 0.25) is 0 Å². The number of hydrogen-bond acceptors (Lipinski definition) is 3. The maximum Gasteiger partial charge on any atom is 0.267 e. The summed E-state index contributed by atoms with van der Waals surface area (Å²) in [5, 5.41) is 3.31. The molecule has 4 rings (SSSR count). The van der Waals surface area contributed by atoms with Gasteiger partial charge in [0.15, 0.2) is 0 Å². The van der Waals surface area contributed by atoms with Crippen LogP contribution >= 0.6 is 0 Å². The molecule has 2 aromatic heterocycles. The van der Waals surface area contributed by atoms with E-state index in [-0.39, 0.29) is 5.91 Å². The first-order chi connectivity index (χ1) is 13.2. The summed E-state index contributed by atoms with van der Waals surface area (Å²) >= 11 is 0. The molecule has 2 aliphatic rings. The highest BCUT2D eigenvalue weighted by Gasteiger charge is 2.37. The molecule has 0 saturated heterocycles. The van der Waals surface area contributed by atoms with Crippen molar-refractivity contribution < 1.29 is 9.53 Å². The smallest absolute Gasteiger partial charge is 0.267 e. The molecule has 2 fully saturated rings. The fourth-order valence-electron chi connectivity index (χ4n) is 4.96. The van der Waals surface area contributed by atoms with Crippen LogP contribution in [0.3, 0.4) is 0 Å². The van der Waals surface area contributed by atoms with Gasteiger partial charge >= 0.3 is 0 Å². The second-order valence-corrected chi connectivity index (χ2v) is 8.16. The van der Waals surface area contributed by atoms with Gasteiger partial charge in [0.2, 0.25) is 5.88 Å². The molecule has 27 heavy (non-hydrogen) atoms. The fourth-order valence-corrected chi connectivity index (χ4v) is 4.96. The van der Waals surface area contributed by atoms with Crippen molar-refractivity contribution in [3.05, 3.63) is 36.3 Å². The zero-order valence-electron chi connectivity index (χ0n) is 16.2. The second kappa shape index (κ2) is 7.75. The van der Waals surface area contributed by atoms with E-state index in [0.29, 0.717) is 23.5 Å². The molecule has 1 amide bonds. The molecule has 5 nitrogen and oxygen atoms in total. The molecule has 0 aromatic carbocycles. The first-order valence-electron chi connectivity index (χ1n) is 10.2. The van der Waals surface area contributed by atoms with Crippen LogP contribution in [-0.2, 0) is 0 Å². The van der Waals surface area contributed by atoms with Crippen LogP contribution < -0.4 is 10.1 Å². The Morgan fingerprint density at radius 2 is 2.15 bits per heavy atom. The Kier molecular flexibility index (Phi) is 5.19. The lowest BCUT2D eigenvalue weighted by Gasteiger charge is -2.43. The summed E-state index contributed by atoms with van der Waals surface area (Å²) < 4.78 is 5.10. The largest absolute Gasteiger partial charge is 0.481 e. The Labute approximate surface area is 160 Å². The third kappa shape index (κ3) is 3.87. The van der Waals surface area contributed by atoms with Crippen molar-refractivity contribution in [3.8, 4) is 17.0 Å². The predicted octanol–water partition coefficient (Wildman–Crippen LogP) is 4.42. The lowest BCUT2D eigenvalue weighted by atomic mass is 9.65. The summed E-state index contributed by atoms with van der Waals surface area (Å²) in [6.07, 6.45) is 11.2. The lowest BCUT2D eigenvalue weighted by Crippen LogP contribution is -2.46. The topological polar surface area (TPSA) is 67.0 Å². The summed E-state index contributed by atoms with van der Waals surface area (Å²) in [5.74, 6) is 2.95. The van der Waals surface area contributed by atoms with E-state index in [2.05, 4.69) is 22.2 Å². The molecule has 4 atom stereocenters. The number of H-pyrrole nitrogens is 1. The standard InChI is InChI=1S/C22H29N3O2/c1-3-14-8-15-4-6-19(17(9-14)10-15)25-22(26)20-11-18(13-23-20)16-5-7-21(27-2)24-12-16/h5,7,11-15,17,19,23H,3-4,6,8-10H2,1-2H3,(H,25,26). The Balaban J connectivity index is 1.42. The summed E-state index contributed by atoms with van der Waals surface area (Å²) in [6.45, 7) is 2.30. The van der Waals surface area contributed by atoms with Gasteiger partial charge in [0.05, 0.1) is 7.11 Å². The molecular formula is C22H29N3O2. The summed E-state index contributed by atoms with van der Waals surface area (Å²) in [5.41, 5.74) is 2.54. The molecule has 0 aliphatic heterocycles. The molecule has 2 heterocycles. The van der Waals surface area contributed by atoms with Crippen LogP contribution in [0.25, 0.3) is 11.1 Å². The number of pyridine rings is 1. The maximum atomic E-state index is 12.8. The first-order valence-corrected chi connectivity index (χ1v) is 10.2. The van der Waals surface area contributed by atoms with Crippen LogP contribution in [0, 0.1) is 17.8 Å².